The number of carbonyl (C=O) groups is 1. The first kappa shape index (κ1) is 19.1. The molecule has 0 atom stereocenters. The summed E-state index contributed by atoms with van der Waals surface area (Å²) in [6.07, 6.45) is 4.68. The highest BCUT2D eigenvalue weighted by molar-refractivity contribution is 6.03. The topological polar surface area (TPSA) is 61.4 Å². The maximum Gasteiger partial charge on any atom is 0.274 e. The van der Waals surface area contributed by atoms with Gasteiger partial charge in [-0.05, 0) is 56.5 Å². The van der Waals surface area contributed by atoms with Gasteiger partial charge in [-0.3, -0.25) is 4.79 Å². The highest BCUT2D eigenvalue weighted by atomic mass is 16.1. The van der Waals surface area contributed by atoms with Gasteiger partial charge in [0.1, 0.15) is 5.69 Å². The molecule has 144 valence electrons. The second-order valence-electron chi connectivity index (χ2n) is 7.16. The van der Waals surface area contributed by atoms with Gasteiger partial charge in [0.05, 0.1) is 0 Å². The molecule has 2 aromatic rings. The largest absolute Gasteiger partial charge is 0.372 e. The average Bonchev–Trinajstić information content (AvgIpc) is 3.21. The summed E-state index contributed by atoms with van der Waals surface area (Å²) < 4.78 is 0. The van der Waals surface area contributed by atoms with Crippen molar-refractivity contribution in [3.8, 4) is 0 Å². The molecule has 2 heterocycles. The van der Waals surface area contributed by atoms with Gasteiger partial charge in [-0.15, -0.1) is 0 Å². The summed E-state index contributed by atoms with van der Waals surface area (Å²) in [5.74, 6) is 0.387. The average molecular weight is 367 g/mol. The van der Waals surface area contributed by atoms with Crippen LogP contribution in [0.5, 0.6) is 0 Å². The van der Waals surface area contributed by atoms with E-state index in [1.54, 1.807) is 6.07 Å². The molecule has 6 nitrogen and oxygen atoms in total. The fourth-order valence-corrected chi connectivity index (χ4v) is 3.26. The van der Waals surface area contributed by atoms with Crippen molar-refractivity contribution in [3.05, 3.63) is 41.7 Å². The number of hydrogen-bond donors (Lipinski definition) is 1. The van der Waals surface area contributed by atoms with Crippen molar-refractivity contribution in [2.75, 3.05) is 41.8 Å². The molecule has 1 amide bonds. The third kappa shape index (κ3) is 4.96. The molecule has 0 saturated carbocycles. The van der Waals surface area contributed by atoms with Gasteiger partial charge >= 0.3 is 0 Å². The number of hydrogen-bond acceptors (Lipinski definition) is 5. The molecule has 1 aromatic carbocycles. The van der Waals surface area contributed by atoms with E-state index in [-0.39, 0.29) is 5.91 Å². The standard InChI is InChI=1S/C21H29N5O/c1-4-5-12-25(3)21-22-16(2)15-19(24-21)20(27)23-17-8-10-18(11-9-17)26-13-6-7-14-26/h8-11,15H,4-7,12-14H2,1-3H3,(H,23,27). The molecule has 3 rings (SSSR count). The Balaban J connectivity index is 1.69. The number of nitrogens with one attached hydrogen (secondary N) is 1. The third-order valence-electron chi connectivity index (χ3n) is 4.86. The molecule has 1 fully saturated rings. The SMILES string of the molecule is CCCCN(C)c1nc(C)cc(C(=O)Nc2ccc(N3CCCC3)cc2)n1. The Bertz CT molecular complexity index is 769. The van der Waals surface area contributed by atoms with Crippen LogP contribution < -0.4 is 15.1 Å². The molecule has 1 saturated heterocycles. The zero-order valence-corrected chi connectivity index (χ0v) is 16.5. The summed E-state index contributed by atoms with van der Waals surface area (Å²) in [5.41, 5.74) is 3.17. The van der Waals surface area contributed by atoms with Crippen LogP contribution in [0.2, 0.25) is 0 Å². The summed E-state index contributed by atoms with van der Waals surface area (Å²) in [5, 5.41) is 2.95. The second-order valence-corrected chi connectivity index (χ2v) is 7.16. The van der Waals surface area contributed by atoms with Crippen LogP contribution in [-0.4, -0.2) is 42.6 Å². The first-order valence-corrected chi connectivity index (χ1v) is 9.80. The zero-order chi connectivity index (χ0) is 19.2. The molecular formula is C21H29N5O. The first-order chi connectivity index (χ1) is 13.1. The van der Waals surface area contributed by atoms with E-state index in [4.69, 9.17) is 0 Å². The van der Waals surface area contributed by atoms with Gasteiger partial charge in [-0.2, -0.15) is 0 Å². The minimum absolute atomic E-state index is 0.209. The van der Waals surface area contributed by atoms with E-state index in [9.17, 15) is 4.79 Å². The molecule has 0 unspecified atom stereocenters. The number of amides is 1. The Labute approximate surface area is 161 Å². The van der Waals surface area contributed by atoms with Crippen molar-refractivity contribution in [2.24, 2.45) is 0 Å². The third-order valence-corrected chi connectivity index (χ3v) is 4.86. The van der Waals surface area contributed by atoms with Crippen LogP contribution in [0, 0.1) is 6.92 Å². The van der Waals surface area contributed by atoms with Gasteiger partial charge in [-0.1, -0.05) is 13.3 Å². The Hall–Kier alpha value is -2.63. The van der Waals surface area contributed by atoms with Gasteiger partial charge in [0.25, 0.3) is 5.91 Å². The highest BCUT2D eigenvalue weighted by Crippen LogP contribution is 2.22. The second kappa shape index (κ2) is 8.84. The number of nitrogens with zero attached hydrogens (tertiary/aromatic N) is 4. The van der Waals surface area contributed by atoms with Crippen molar-refractivity contribution >= 4 is 23.2 Å². The van der Waals surface area contributed by atoms with Crippen molar-refractivity contribution in [2.45, 2.75) is 39.5 Å². The van der Waals surface area contributed by atoms with Gasteiger partial charge < -0.3 is 15.1 Å². The zero-order valence-electron chi connectivity index (χ0n) is 16.5. The molecule has 6 heteroatoms. The molecule has 27 heavy (non-hydrogen) atoms. The minimum Gasteiger partial charge on any atom is -0.372 e. The molecule has 1 aliphatic heterocycles. The minimum atomic E-state index is -0.209. The predicted molar refractivity (Wildman–Crippen MR) is 111 cm³/mol. The van der Waals surface area contributed by atoms with Gasteiger partial charge in [0.15, 0.2) is 0 Å². The summed E-state index contributed by atoms with van der Waals surface area (Å²) >= 11 is 0. The number of aromatic nitrogens is 2. The maximum atomic E-state index is 12.7. The van der Waals surface area contributed by atoms with Crippen LogP contribution in [-0.2, 0) is 0 Å². The summed E-state index contributed by atoms with van der Waals surface area (Å²) in [4.78, 5) is 26.0. The lowest BCUT2D eigenvalue weighted by Gasteiger charge is -2.18. The summed E-state index contributed by atoms with van der Waals surface area (Å²) in [7, 11) is 1.96. The van der Waals surface area contributed by atoms with Crippen LogP contribution in [0.1, 0.15) is 48.8 Å². The van der Waals surface area contributed by atoms with Crippen LogP contribution in [0.15, 0.2) is 30.3 Å². The fourth-order valence-electron chi connectivity index (χ4n) is 3.26. The first-order valence-electron chi connectivity index (χ1n) is 9.80. The predicted octanol–water partition coefficient (Wildman–Crippen LogP) is 3.87. The Morgan fingerprint density at radius 1 is 1.19 bits per heavy atom. The lowest BCUT2D eigenvalue weighted by molar-refractivity contribution is 0.102. The number of unbranched alkanes of at least 4 members (excludes halogenated alkanes) is 1. The number of rotatable bonds is 7. The van der Waals surface area contributed by atoms with Crippen LogP contribution in [0.4, 0.5) is 17.3 Å². The Kier molecular flexibility index (Phi) is 6.27. The van der Waals surface area contributed by atoms with Gasteiger partial charge in [0.2, 0.25) is 5.95 Å². The molecule has 0 spiro atoms. The van der Waals surface area contributed by atoms with Crippen molar-refractivity contribution < 1.29 is 4.79 Å². The molecule has 1 aromatic heterocycles. The number of benzene rings is 1. The molecule has 1 aliphatic rings. The monoisotopic (exact) mass is 367 g/mol. The van der Waals surface area contributed by atoms with Gasteiger partial charge in [-0.25, -0.2) is 9.97 Å². The lowest BCUT2D eigenvalue weighted by atomic mass is 10.2. The van der Waals surface area contributed by atoms with Crippen molar-refractivity contribution in [1.29, 1.82) is 0 Å². The van der Waals surface area contributed by atoms with E-state index in [0.717, 1.165) is 43.9 Å². The molecule has 0 bridgehead atoms. The van der Waals surface area contributed by atoms with Crippen molar-refractivity contribution in [3.63, 3.8) is 0 Å². The lowest BCUT2D eigenvalue weighted by Crippen LogP contribution is -2.23. The molecule has 0 radical (unpaired) electrons. The van der Waals surface area contributed by atoms with E-state index < -0.39 is 0 Å². The highest BCUT2D eigenvalue weighted by Gasteiger charge is 2.15. The quantitative estimate of drug-likeness (QED) is 0.805. The normalized spacial score (nSPS) is 13.7. The van der Waals surface area contributed by atoms with Crippen molar-refractivity contribution in [1.82, 2.24) is 9.97 Å². The summed E-state index contributed by atoms with van der Waals surface area (Å²) in [6.45, 7) is 7.14. The van der Waals surface area contributed by atoms with Crippen LogP contribution >= 0.6 is 0 Å². The molecular weight excluding hydrogens is 338 g/mol. The number of carbonyl (C=O) groups excluding carboxylic acids is 1. The molecule has 0 aliphatic carbocycles. The van der Waals surface area contributed by atoms with Crippen LogP contribution in [0.25, 0.3) is 0 Å². The van der Waals surface area contributed by atoms with E-state index in [0.29, 0.717) is 11.6 Å². The van der Waals surface area contributed by atoms with E-state index in [1.807, 2.05) is 31.0 Å². The molecule has 1 N–H and O–H groups in total. The summed E-state index contributed by atoms with van der Waals surface area (Å²) in [6, 6.07) is 9.76. The van der Waals surface area contributed by atoms with E-state index in [1.165, 1.54) is 18.5 Å². The number of anilines is 3. The van der Waals surface area contributed by atoms with Crippen LogP contribution in [0.3, 0.4) is 0 Å². The Morgan fingerprint density at radius 3 is 2.56 bits per heavy atom. The van der Waals surface area contributed by atoms with E-state index >= 15 is 0 Å². The fraction of sp³-hybridized carbons (Fsp3) is 0.476. The maximum absolute atomic E-state index is 12.7. The van der Waals surface area contributed by atoms with E-state index in [2.05, 4.69) is 39.2 Å². The number of aryl methyl sites for hydroxylation is 1. The van der Waals surface area contributed by atoms with Gasteiger partial charge in [0, 0.05) is 43.8 Å². The smallest absolute Gasteiger partial charge is 0.274 e. The Morgan fingerprint density at radius 2 is 1.89 bits per heavy atom.